The average molecular weight is 543 g/mol. The van der Waals surface area contributed by atoms with Gasteiger partial charge in [0.1, 0.15) is 15.3 Å². The molecular formula is C26H28F2N6O3S. The number of rotatable bonds is 8. The third-order valence-corrected chi connectivity index (χ3v) is 6.66. The molecule has 2 aromatic rings. The molecule has 1 aliphatic heterocycles. The van der Waals surface area contributed by atoms with Crippen molar-refractivity contribution in [2.75, 3.05) is 36.8 Å². The molecule has 2 heterocycles. The van der Waals surface area contributed by atoms with Crippen molar-refractivity contribution in [3.8, 4) is 6.07 Å². The highest BCUT2D eigenvalue weighted by Crippen LogP contribution is 2.27. The van der Waals surface area contributed by atoms with Crippen molar-refractivity contribution in [3.05, 3.63) is 55.6 Å². The fourth-order valence-electron chi connectivity index (χ4n) is 3.69. The Balaban J connectivity index is 1.76. The van der Waals surface area contributed by atoms with Crippen molar-refractivity contribution in [2.45, 2.75) is 39.2 Å². The molecule has 0 aliphatic carbocycles. The maximum absolute atomic E-state index is 13.3. The molecule has 0 spiro atoms. The number of nitrogens with zero attached hydrogens (tertiary/aromatic N) is 3. The van der Waals surface area contributed by atoms with Crippen LogP contribution in [0.25, 0.3) is 11.5 Å². The number of hydrogen-bond donors (Lipinski definition) is 3. The van der Waals surface area contributed by atoms with Gasteiger partial charge in [-0.25, -0.2) is 8.78 Å². The Kier molecular flexibility index (Phi) is 9.77. The monoisotopic (exact) mass is 542 g/mol. The van der Waals surface area contributed by atoms with Gasteiger partial charge in [0.15, 0.2) is 5.57 Å². The number of benzene rings is 1. The molecule has 9 nitrogen and oxygen atoms in total. The van der Waals surface area contributed by atoms with Crippen LogP contribution in [0.15, 0.2) is 40.8 Å². The maximum atomic E-state index is 13.3. The molecule has 0 radical (unpaired) electrons. The summed E-state index contributed by atoms with van der Waals surface area (Å²) in [5.41, 5.74) is 6.21. The van der Waals surface area contributed by atoms with Crippen molar-refractivity contribution in [3.63, 3.8) is 0 Å². The van der Waals surface area contributed by atoms with Gasteiger partial charge in [0.05, 0.1) is 6.54 Å². The van der Waals surface area contributed by atoms with Gasteiger partial charge in [0.2, 0.25) is 5.91 Å². The summed E-state index contributed by atoms with van der Waals surface area (Å²) in [6.45, 7) is 4.55. The number of amides is 2. The van der Waals surface area contributed by atoms with Crippen LogP contribution in [-0.4, -0.2) is 53.4 Å². The van der Waals surface area contributed by atoms with E-state index < -0.39 is 11.8 Å². The number of likely N-dealkylation sites (tertiary alicyclic amines) is 1. The van der Waals surface area contributed by atoms with E-state index in [-0.39, 0.29) is 54.0 Å². The number of nitriles is 1. The zero-order valence-corrected chi connectivity index (χ0v) is 21.9. The highest BCUT2D eigenvalue weighted by Gasteiger charge is 2.34. The smallest absolute Gasteiger partial charge is 0.277 e. The second-order valence-electron chi connectivity index (χ2n) is 8.45. The normalized spacial score (nSPS) is 14.4. The van der Waals surface area contributed by atoms with Crippen molar-refractivity contribution in [1.29, 1.82) is 5.26 Å². The van der Waals surface area contributed by atoms with Gasteiger partial charge in [-0.05, 0) is 32.0 Å². The van der Waals surface area contributed by atoms with Crippen LogP contribution in [0.4, 0.5) is 20.2 Å². The van der Waals surface area contributed by atoms with Gasteiger partial charge in [-0.1, -0.05) is 28.9 Å². The quantitative estimate of drug-likeness (QED) is 0.344. The third-order valence-electron chi connectivity index (χ3n) is 5.65. The fourth-order valence-corrected chi connectivity index (χ4v) is 4.67. The summed E-state index contributed by atoms with van der Waals surface area (Å²) in [6, 6.07) is 8.68. The highest BCUT2D eigenvalue weighted by molar-refractivity contribution is 7.07. The first-order chi connectivity index (χ1) is 18.2. The predicted octanol–water partition coefficient (Wildman–Crippen LogP) is 1.57. The number of nitrogens with one attached hydrogen (secondary N) is 3. The van der Waals surface area contributed by atoms with E-state index in [2.05, 4.69) is 27.4 Å². The molecule has 0 unspecified atom stereocenters. The van der Waals surface area contributed by atoms with Gasteiger partial charge >= 0.3 is 0 Å². The Labute approximate surface area is 222 Å². The molecule has 0 saturated carbocycles. The lowest BCUT2D eigenvalue weighted by atomic mass is 10.1. The Bertz CT molecular complexity index is 1480. The molecule has 200 valence electrons. The van der Waals surface area contributed by atoms with E-state index in [1.807, 2.05) is 0 Å². The van der Waals surface area contributed by atoms with E-state index in [9.17, 15) is 28.4 Å². The number of thiazole rings is 1. The number of carbonyl (C=O) groups is 2. The first kappa shape index (κ1) is 28.6. The summed E-state index contributed by atoms with van der Waals surface area (Å²) < 4.78 is 28.6. The Morgan fingerprint density at radius 3 is 2.58 bits per heavy atom. The Morgan fingerprint density at radius 2 is 1.92 bits per heavy atom. The standard InChI is InChI=1S/C26H28F2N6O3S/c1-3-30-24(36)18(16-29)14-23-34(4-2)25(37)21(38-23)8-11-31-19-6-5-7-20(15-19)32-22(35)17-33-12-9-26(27,28)10-13-33/h5-7,11,15,31H,3-4,9-10,12-13,17H2,1-2H3,(H,30,36)(H,32,35). The molecule has 38 heavy (non-hydrogen) atoms. The van der Waals surface area contributed by atoms with Gasteiger partial charge < -0.3 is 16.0 Å². The van der Waals surface area contributed by atoms with Crippen LogP contribution in [0.1, 0.15) is 26.7 Å². The molecule has 3 N–H and O–H groups in total. The van der Waals surface area contributed by atoms with Crippen LogP contribution in [0, 0.1) is 11.3 Å². The van der Waals surface area contributed by atoms with Crippen molar-refractivity contribution < 1.29 is 18.4 Å². The third kappa shape index (κ3) is 7.75. The topological polar surface area (TPSA) is 119 Å². The summed E-state index contributed by atoms with van der Waals surface area (Å²) in [4.78, 5) is 38.8. The second kappa shape index (κ2) is 13.0. The van der Waals surface area contributed by atoms with E-state index in [0.29, 0.717) is 29.1 Å². The number of likely N-dealkylation sites (N-methyl/N-ethyl adjacent to an activating group) is 1. The minimum absolute atomic E-state index is 0.0327. The average Bonchev–Trinajstić information content (AvgIpc) is 3.18. The van der Waals surface area contributed by atoms with Crippen LogP contribution < -0.4 is 30.7 Å². The zero-order chi connectivity index (χ0) is 27.7. The van der Waals surface area contributed by atoms with Crippen molar-refractivity contribution in [2.24, 2.45) is 0 Å². The number of carbonyl (C=O) groups excluding carboxylic acids is 2. The molecule has 1 aromatic carbocycles. The van der Waals surface area contributed by atoms with E-state index in [1.165, 1.54) is 10.8 Å². The first-order valence-corrected chi connectivity index (χ1v) is 12.9. The molecule has 0 bridgehead atoms. The summed E-state index contributed by atoms with van der Waals surface area (Å²) in [5, 5.41) is 17.6. The van der Waals surface area contributed by atoms with E-state index >= 15 is 0 Å². The van der Waals surface area contributed by atoms with Gasteiger partial charge in [-0.3, -0.25) is 23.9 Å². The van der Waals surface area contributed by atoms with Crippen LogP contribution in [0.2, 0.25) is 0 Å². The lowest BCUT2D eigenvalue weighted by molar-refractivity contribution is -0.119. The Morgan fingerprint density at radius 1 is 1.21 bits per heavy atom. The van der Waals surface area contributed by atoms with Gasteiger partial charge in [0, 0.05) is 56.6 Å². The maximum Gasteiger partial charge on any atom is 0.277 e. The highest BCUT2D eigenvalue weighted by atomic mass is 32.1. The second-order valence-corrected chi connectivity index (χ2v) is 9.45. The number of halogens is 2. The lowest BCUT2D eigenvalue weighted by Crippen LogP contribution is -2.42. The number of piperidine rings is 1. The van der Waals surface area contributed by atoms with Crippen molar-refractivity contribution in [1.82, 2.24) is 14.8 Å². The molecule has 3 rings (SSSR count). The van der Waals surface area contributed by atoms with Crippen LogP contribution >= 0.6 is 11.3 Å². The molecule has 12 heteroatoms. The van der Waals surface area contributed by atoms with Crippen LogP contribution in [-0.2, 0) is 16.1 Å². The zero-order valence-electron chi connectivity index (χ0n) is 21.1. The van der Waals surface area contributed by atoms with Crippen LogP contribution in [0.3, 0.4) is 0 Å². The SMILES string of the molecule is CCNC(=O)C(=C=c1sc(=C=CNc2cccc(NC(=O)CN3CCC(F)(F)CC3)c2)c(=O)n1CC)C#N. The minimum atomic E-state index is -2.66. The largest absolute Gasteiger partial charge is 0.355 e. The van der Waals surface area contributed by atoms with E-state index in [0.717, 1.165) is 11.3 Å². The lowest BCUT2D eigenvalue weighted by Gasteiger charge is -2.31. The van der Waals surface area contributed by atoms with Gasteiger partial charge in [0.25, 0.3) is 17.4 Å². The summed E-state index contributed by atoms with van der Waals surface area (Å²) in [5.74, 6) is -3.52. The fraction of sp³-hybridized carbons (Fsp3) is 0.385. The minimum Gasteiger partial charge on any atom is -0.355 e. The first-order valence-electron chi connectivity index (χ1n) is 12.1. The molecule has 1 aromatic heterocycles. The van der Waals surface area contributed by atoms with Gasteiger partial charge in [-0.15, -0.1) is 0 Å². The molecule has 0 atom stereocenters. The number of aromatic nitrogens is 1. The number of hydrogen-bond acceptors (Lipinski definition) is 7. The predicted molar refractivity (Wildman–Crippen MR) is 142 cm³/mol. The number of alkyl halides is 2. The van der Waals surface area contributed by atoms with Gasteiger partial charge in [-0.2, -0.15) is 5.26 Å². The molecule has 1 saturated heterocycles. The van der Waals surface area contributed by atoms with E-state index in [4.69, 9.17) is 0 Å². The Hall–Kier alpha value is -4.00. The summed E-state index contributed by atoms with van der Waals surface area (Å²) in [6.07, 6.45) is 0.948. The number of anilines is 2. The van der Waals surface area contributed by atoms with Crippen molar-refractivity contribution >= 4 is 46.0 Å². The molecule has 2 amide bonds. The van der Waals surface area contributed by atoms with Crippen LogP contribution in [0.5, 0.6) is 0 Å². The molecular weight excluding hydrogens is 514 g/mol. The summed E-state index contributed by atoms with van der Waals surface area (Å²) >= 11 is 1.05. The summed E-state index contributed by atoms with van der Waals surface area (Å²) in [7, 11) is 0. The van der Waals surface area contributed by atoms with E-state index in [1.54, 1.807) is 49.1 Å². The molecule has 1 aliphatic rings. The molecule has 1 fully saturated rings.